The molecule has 17 amide bonds. The number of anilines is 9. The summed E-state index contributed by atoms with van der Waals surface area (Å²) in [5, 5.41) is 24.8. The van der Waals surface area contributed by atoms with Crippen LogP contribution in [-0.4, -0.2) is 123 Å². The molecule has 8 aliphatic heterocycles. The standard InChI is InChI=1S/C25H19N5O5.C25H19N3O5.C25H20N2O6.C24H21N3O4.CH4.N3.N2.Na.H2O/c26-28-27-21(31)14-7-15(29-22(32)17-10-1-2-11(5-10)18(17)23(29)33)9-16(8-14)30-24(34)19-12-3-4-13(6-12)20(19)25(30)35;29-10-26-15-7-16(27-22(30)18-11-1-2-12(5-11)19(18)23(27)31)9-17(8-15)28-24(32)20-13-3-4-14(6-13)21(20)25(28)33;28-21-17-10-1-2-11(5-10)18(17)22(29)26(21)15-7-14(25(32)33)8-16(9-15)27-23(30)19-12-3-4-13(6-12)20(19)24(27)31;25-14-7-15(26-21(28)17-10-1-2-11(5-10)18(17)22(26)29)9-16(8-14)27-23(30)19-12-3-4-13(6-12)20(19)24(27)31;;1-3-2;1-2;;/h1-4,7-13,17-20H,5-6H2;1-4,7-9,11-14,18-21H,5-6H2;1-4,7-13,17-20H,5-6H2,(H,32,33);1-4,7-13,17-20H,5-6,25H2;1H4;;;;1H2/q;;;;;-1;;+1;. The molecule has 8 saturated heterocycles. The summed E-state index contributed by atoms with van der Waals surface area (Å²) >= 11 is 0. The second-order valence-electron chi connectivity index (χ2n) is 40.2. The Kier molecular flexibility index (Phi) is 22.4. The van der Waals surface area contributed by atoms with Crippen LogP contribution in [0, 0.1) is 200 Å². The summed E-state index contributed by atoms with van der Waals surface area (Å²) in [6, 6.07) is 17.2. The van der Waals surface area contributed by atoms with E-state index in [-0.39, 0.29) is 330 Å². The largest absolute Gasteiger partial charge is 1.00 e. The molecule has 702 valence electrons. The number of nitrogens with zero attached hydrogens (tertiary/aromatic N) is 17. The second-order valence-corrected chi connectivity index (χ2v) is 40.2. The molecule has 0 aromatic heterocycles. The number of nitrogens with two attached hydrogens (primary N) is 1. The number of allylic oxidation sites excluding steroid dienone is 16. The molecule has 40 heteroatoms. The Bertz CT molecular complexity index is 6100. The van der Waals surface area contributed by atoms with Gasteiger partial charge in [0.25, 0.3) is 0 Å². The molecule has 8 saturated carbocycles. The van der Waals surface area contributed by atoms with Crippen molar-refractivity contribution in [1.29, 1.82) is 10.8 Å². The van der Waals surface area contributed by atoms with Crippen molar-refractivity contribution in [2.75, 3.05) is 44.9 Å². The molecule has 0 radical (unpaired) electrons. The van der Waals surface area contributed by atoms with E-state index in [9.17, 15) is 96.2 Å². The number of aromatic carboxylic acids is 1. The van der Waals surface area contributed by atoms with Crippen molar-refractivity contribution in [3.8, 4) is 0 Å². The minimum Gasteiger partial charge on any atom is -0.478 e. The quantitative estimate of drug-likeness (QED) is 0.0152. The number of hydrogen-bond acceptors (Lipinski definition) is 23. The molecule has 16 bridgehead atoms. The smallest absolute Gasteiger partial charge is 0.478 e. The number of carbonyl (C=O) groups excluding carboxylic acids is 18. The fraction of sp³-hybridized carbons (Fsp3) is 0.410. The van der Waals surface area contributed by atoms with Crippen LogP contribution in [0.15, 0.2) is 180 Å². The number of aliphatic imine (C=N–C) groups is 1. The molecular formula is C100H85N18NaO21. The van der Waals surface area contributed by atoms with Crippen LogP contribution in [0.25, 0.3) is 26.4 Å². The Morgan fingerprint density at radius 3 is 0.600 bits per heavy atom. The average Bonchev–Trinajstić information content (AvgIpc) is 1.56. The Labute approximate surface area is 817 Å². The first kappa shape index (κ1) is 92.9. The predicted octanol–water partition coefficient (Wildman–Crippen LogP) is 6.65. The number of nitrogen functional groups attached to an aromatic ring is 1. The number of benzene rings is 4. The number of imide groups is 8. The molecule has 4 aromatic carbocycles. The van der Waals surface area contributed by atoms with Crippen molar-refractivity contribution in [3.63, 3.8) is 0 Å². The molecule has 5 N–H and O–H groups in total. The van der Waals surface area contributed by atoms with E-state index in [1.807, 2.05) is 97.2 Å². The number of carboxylic acids is 1. The molecule has 24 aliphatic rings. The zero-order chi connectivity index (χ0) is 95.4. The Morgan fingerprint density at radius 1 is 0.300 bits per heavy atom. The fourth-order valence-corrected chi connectivity index (χ4v) is 29.1. The summed E-state index contributed by atoms with van der Waals surface area (Å²) in [7, 11) is 0. The molecule has 4 aromatic rings. The monoisotopic (exact) mass is 1900 g/mol. The van der Waals surface area contributed by atoms with Crippen molar-refractivity contribution in [2.24, 2.45) is 199 Å². The van der Waals surface area contributed by atoms with Gasteiger partial charge in [-0.3, -0.25) is 86.4 Å². The third-order valence-corrected chi connectivity index (χ3v) is 34.2. The topological polar surface area (TPSA) is 595 Å². The normalized spacial score (nSPS) is 37.1. The van der Waals surface area contributed by atoms with E-state index in [2.05, 4.69) is 15.0 Å². The molecular weight excluding hydrogens is 1810 g/mol. The summed E-state index contributed by atoms with van der Waals surface area (Å²) in [4.78, 5) is 264. The van der Waals surface area contributed by atoms with Gasteiger partial charge in [0.05, 0.1) is 151 Å². The van der Waals surface area contributed by atoms with Gasteiger partial charge >= 0.3 is 35.5 Å². The third-order valence-electron chi connectivity index (χ3n) is 34.2. The van der Waals surface area contributed by atoms with E-state index >= 15 is 0 Å². The van der Waals surface area contributed by atoms with Crippen molar-refractivity contribution < 1.29 is 131 Å². The first-order valence-electron chi connectivity index (χ1n) is 46.0. The first-order valence-corrected chi connectivity index (χ1v) is 46.0. The van der Waals surface area contributed by atoms with Crippen LogP contribution in [0.3, 0.4) is 0 Å². The Hall–Kier alpha value is -14.8. The molecule has 32 unspecified atom stereocenters. The van der Waals surface area contributed by atoms with Crippen LogP contribution in [0.2, 0.25) is 0 Å². The van der Waals surface area contributed by atoms with Gasteiger partial charge in [-0.1, -0.05) is 105 Å². The van der Waals surface area contributed by atoms with Gasteiger partial charge in [0.2, 0.25) is 107 Å². The van der Waals surface area contributed by atoms with Gasteiger partial charge in [0, 0.05) is 26.9 Å². The second kappa shape index (κ2) is 33.8. The summed E-state index contributed by atoms with van der Waals surface area (Å²) < 4.78 is 0. The maximum absolute atomic E-state index is 13.4. The Morgan fingerprint density at radius 2 is 0.450 bits per heavy atom. The van der Waals surface area contributed by atoms with Gasteiger partial charge in [-0.05, 0) is 229 Å². The zero-order valence-corrected chi connectivity index (χ0v) is 75.7. The van der Waals surface area contributed by atoms with E-state index in [1.54, 1.807) is 18.2 Å². The summed E-state index contributed by atoms with van der Waals surface area (Å²) in [5.74, 6) is -12.5. The number of hydrogen-bond donors (Lipinski definition) is 2. The van der Waals surface area contributed by atoms with Gasteiger partial charge in [0.1, 0.15) is 0 Å². The molecule has 16 aliphatic carbocycles. The molecule has 32 atom stereocenters. The average molecular weight is 1900 g/mol. The van der Waals surface area contributed by atoms with E-state index in [4.69, 9.17) is 33.1 Å². The van der Waals surface area contributed by atoms with Crippen LogP contribution in [-0.2, 0) is 81.5 Å². The summed E-state index contributed by atoms with van der Waals surface area (Å²) in [6.45, 7) is 0. The number of rotatable bonds is 11. The molecule has 0 spiro atoms. The molecule has 28 rings (SSSR count). The van der Waals surface area contributed by atoms with E-state index < -0.39 is 59.2 Å². The van der Waals surface area contributed by atoms with Crippen LogP contribution in [0.4, 0.5) is 56.9 Å². The van der Waals surface area contributed by atoms with Crippen LogP contribution >= 0.6 is 0 Å². The maximum Gasteiger partial charge on any atom is 1.00 e. The summed E-state index contributed by atoms with van der Waals surface area (Å²) in [5.41, 5.74) is 30.1. The van der Waals surface area contributed by atoms with Crippen molar-refractivity contribution in [1.82, 2.24) is 0 Å². The zero-order valence-electron chi connectivity index (χ0n) is 73.7. The maximum atomic E-state index is 13.4. The number of fused-ring (bicyclic) bond motifs is 40. The van der Waals surface area contributed by atoms with Crippen molar-refractivity contribution in [3.05, 3.63) is 208 Å². The Balaban J connectivity index is 0.000000112. The molecule has 140 heavy (non-hydrogen) atoms. The number of carboxylic acid groups (broad SMARTS) is 1. The van der Waals surface area contributed by atoms with Gasteiger partial charge in [-0.2, -0.15) is 4.99 Å². The fourth-order valence-electron chi connectivity index (χ4n) is 29.1. The first-order chi connectivity index (χ1) is 66.1. The SMILES string of the molecule is C.N#N.Nc1cc(N2C(=O)C3C4C=CC(C4)C3C2=O)cc(N2C(=O)C3C4C=CC(C4)C3C2=O)c1.O.O=C(O)c1cc(N2C(=O)C3C4C=CC(C4)C3C2=O)cc(N2C(=O)C3C4C=CC(C4)C3C2=O)c1.O=C=Nc1cc(N2C(=O)C3C4C=CC(C4)C3C2=O)cc(N2C(=O)C3C4C=CC(C4)C3C2=O)c1.[N-]=[N+]=NC(=O)c1cc(N2C(=O)C3C4C=CC(C4)C3C2=O)cc(N2C(=O)C3C4C=CC(C4)C3C2=O)c1.[N-]=[N+]=[N-].[Na+]. The molecule has 16 fully saturated rings. The minimum absolute atomic E-state index is 0. The van der Waals surface area contributed by atoms with Gasteiger partial charge < -0.3 is 27.4 Å². The van der Waals surface area contributed by atoms with E-state index in [0.717, 1.165) is 80.8 Å². The number of amides is 17. The van der Waals surface area contributed by atoms with Crippen LogP contribution in [0.1, 0.15) is 79.5 Å². The third kappa shape index (κ3) is 13.1. The minimum atomic E-state index is -1.26. The van der Waals surface area contributed by atoms with Gasteiger partial charge in [-0.15, -0.1) is 0 Å². The van der Waals surface area contributed by atoms with Crippen molar-refractivity contribution >= 4 is 169 Å². The van der Waals surface area contributed by atoms with Gasteiger partial charge in [-0.25, -0.2) is 48.8 Å². The number of isocyanates is 1. The van der Waals surface area contributed by atoms with E-state index in [0.29, 0.717) is 17.1 Å². The number of carbonyl (C=O) groups is 18. The van der Waals surface area contributed by atoms with Gasteiger partial charge in [0.15, 0.2) is 0 Å². The van der Waals surface area contributed by atoms with Crippen LogP contribution < -0.4 is 74.5 Å². The van der Waals surface area contributed by atoms with E-state index in [1.165, 1.54) is 75.4 Å². The number of azide groups is 1. The van der Waals surface area contributed by atoms with Crippen LogP contribution in [0.5, 0.6) is 0 Å². The van der Waals surface area contributed by atoms with Crippen molar-refractivity contribution in [2.45, 2.75) is 58.8 Å². The summed E-state index contributed by atoms with van der Waals surface area (Å²) in [6.07, 6.45) is 40.1. The molecule has 8 heterocycles. The molecule has 39 nitrogen and oxygen atoms in total. The predicted molar refractivity (Wildman–Crippen MR) is 484 cm³/mol.